The first-order valence-corrected chi connectivity index (χ1v) is 6.83. The zero-order valence-corrected chi connectivity index (χ0v) is 12.4. The van der Waals surface area contributed by atoms with Crippen LogP contribution in [-0.2, 0) is 4.74 Å². The van der Waals surface area contributed by atoms with Crippen molar-refractivity contribution in [3.05, 3.63) is 34.6 Å². The van der Waals surface area contributed by atoms with Crippen LogP contribution in [0, 0.1) is 0 Å². The number of halogens is 1. The van der Waals surface area contributed by atoms with Gasteiger partial charge in [0.1, 0.15) is 0 Å². The fourth-order valence-corrected chi connectivity index (χ4v) is 1.95. The number of ether oxygens (including phenoxy) is 1. The van der Waals surface area contributed by atoms with E-state index in [1.165, 1.54) is 0 Å². The van der Waals surface area contributed by atoms with Gasteiger partial charge >= 0.3 is 0 Å². The second kappa shape index (κ2) is 6.27. The third kappa shape index (κ3) is 3.62. The summed E-state index contributed by atoms with van der Waals surface area (Å²) in [6, 6.07) is 7.26. The first-order chi connectivity index (χ1) is 9.08. The molecule has 0 fully saturated rings. The second-order valence-corrected chi connectivity index (χ2v) is 5.28. The van der Waals surface area contributed by atoms with Crippen LogP contribution in [-0.4, -0.2) is 22.9 Å². The standard InChI is InChI=1S/C13H16BrN3O2/c1-8(2)18-7-11(15)12-16-13(19-17-12)9-5-3-4-6-10(9)14/h3-6,8,11H,7,15H2,1-2H3. The van der Waals surface area contributed by atoms with E-state index in [9.17, 15) is 0 Å². The van der Waals surface area contributed by atoms with E-state index in [4.69, 9.17) is 15.0 Å². The summed E-state index contributed by atoms with van der Waals surface area (Å²) in [7, 11) is 0. The maximum atomic E-state index is 5.95. The lowest BCUT2D eigenvalue weighted by molar-refractivity contribution is 0.0665. The highest BCUT2D eigenvalue weighted by Crippen LogP contribution is 2.26. The van der Waals surface area contributed by atoms with Gasteiger partial charge in [-0.2, -0.15) is 4.98 Å². The van der Waals surface area contributed by atoms with Crippen LogP contribution < -0.4 is 5.73 Å². The Balaban J connectivity index is 2.13. The third-order valence-corrected chi connectivity index (χ3v) is 3.18. The minimum atomic E-state index is -0.387. The van der Waals surface area contributed by atoms with Crippen molar-refractivity contribution in [2.45, 2.75) is 26.0 Å². The molecule has 5 nitrogen and oxygen atoms in total. The van der Waals surface area contributed by atoms with Gasteiger partial charge in [-0.15, -0.1) is 0 Å². The third-order valence-electron chi connectivity index (χ3n) is 2.49. The summed E-state index contributed by atoms with van der Waals surface area (Å²) < 4.78 is 11.6. The molecule has 102 valence electrons. The van der Waals surface area contributed by atoms with Crippen molar-refractivity contribution in [2.75, 3.05) is 6.61 Å². The molecule has 1 atom stereocenters. The van der Waals surface area contributed by atoms with E-state index in [0.29, 0.717) is 18.3 Å². The van der Waals surface area contributed by atoms with Crippen LogP contribution in [0.1, 0.15) is 25.7 Å². The van der Waals surface area contributed by atoms with Gasteiger partial charge < -0.3 is 15.0 Å². The van der Waals surface area contributed by atoms with E-state index in [0.717, 1.165) is 10.0 Å². The molecule has 2 N–H and O–H groups in total. The Kier molecular flexibility index (Phi) is 4.68. The van der Waals surface area contributed by atoms with Gasteiger partial charge in [0.15, 0.2) is 5.82 Å². The summed E-state index contributed by atoms with van der Waals surface area (Å²) >= 11 is 3.45. The summed E-state index contributed by atoms with van der Waals surface area (Å²) in [5.74, 6) is 0.897. The van der Waals surface area contributed by atoms with E-state index < -0.39 is 0 Å². The van der Waals surface area contributed by atoms with Crippen LogP contribution in [0.3, 0.4) is 0 Å². The van der Waals surface area contributed by atoms with Crippen LogP contribution in [0.4, 0.5) is 0 Å². The van der Waals surface area contributed by atoms with Crippen molar-refractivity contribution in [1.82, 2.24) is 10.1 Å². The maximum Gasteiger partial charge on any atom is 0.259 e. The van der Waals surface area contributed by atoms with Gasteiger partial charge in [-0.3, -0.25) is 0 Å². The molecule has 19 heavy (non-hydrogen) atoms. The van der Waals surface area contributed by atoms with E-state index >= 15 is 0 Å². The zero-order chi connectivity index (χ0) is 13.8. The SMILES string of the molecule is CC(C)OCC(N)c1noc(-c2ccccc2Br)n1. The van der Waals surface area contributed by atoms with Crippen LogP contribution in [0.2, 0.25) is 0 Å². The number of hydrogen-bond donors (Lipinski definition) is 1. The molecule has 2 aromatic rings. The molecule has 0 spiro atoms. The minimum absolute atomic E-state index is 0.126. The Bertz CT molecular complexity index is 542. The first kappa shape index (κ1) is 14.2. The van der Waals surface area contributed by atoms with Crippen molar-refractivity contribution in [1.29, 1.82) is 0 Å². The van der Waals surface area contributed by atoms with Crippen LogP contribution in [0.25, 0.3) is 11.5 Å². The Morgan fingerprint density at radius 3 is 2.79 bits per heavy atom. The van der Waals surface area contributed by atoms with E-state index in [-0.39, 0.29) is 12.1 Å². The number of benzene rings is 1. The molecule has 0 aliphatic carbocycles. The molecule has 1 aromatic heterocycles. The van der Waals surface area contributed by atoms with Crippen LogP contribution in [0.5, 0.6) is 0 Å². The fraction of sp³-hybridized carbons (Fsp3) is 0.385. The molecule has 0 aliphatic heterocycles. The predicted molar refractivity (Wildman–Crippen MR) is 75.5 cm³/mol. The molecule has 0 saturated heterocycles. The molecule has 0 saturated carbocycles. The number of aromatic nitrogens is 2. The highest BCUT2D eigenvalue weighted by Gasteiger charge is 2.17. The largest absolute Gasteiger partial charge is 0.377 e. The quantitative estimate of drug-likeness (QED) is 0.914. The van der Waals surface area contributed by atoms with E-state index in [1.54, 1.807) is 0 Å². The molecule has 0 amide bonds. The maximum absolute atomic E-state index is 5.95. The summed E-state index contributed by atoms with van der Waals surface area (Å²) in [5, 5.41) is 3.90. The van der Waals surface area contributed by atoms with E-state index in [2.05, 4.69) is 26.1 Å². The van der Waals surface area contributed by atoms with Crippen LogP contribution in [0.15, 0.2) is 33.3 Å². The van der Waals surface area contributed by atoms with Crippen molar-refractivity contribution in [3.8, 4) is 11.5 Å². The highest BCUT2D eigenvalue weighted by molar-refractivity contribution is 9.10. The molecule has 1 unspecified atom stereocenters. The lowest BCUT2D eigenvalue weighted by atomic mass is 10.2. The highest BCUT2D eigenvalue weighted by atomic mass is 79.9. The fourth-order valence-electron chi connectivity index (χ4n) is 1.50. The molecule has 1 heterocycles. The normalized spacial score (nSPS) is 12.9. The number of nitrogens with zero attached hydrogens (tertiary/aromatic N) is 2. The molecule has 2 rings (SSSR count). The molecule has 0 bridgehead atoms. The zero-order valence-electron chi connectivity index (χ0n) is 10.8. The Hall–Kier alpha value is -1.24. The summed E-state index contributed by atoms with van der Waals surface area (Å²) in [5.41, 5.74) is 6.80. The molecule has 6 heteroatoms. The lowest BCUT2D eigenvalue weighted by Gasteiger charge is -2.10. The minimum Gasteiger partial charge on any atom is -0.377 e. The van der Waals surface area contributed by atoms with E-state index in [1.807, 2.05) is 38.1 Å². The number of rotatable bonds is 5. The van der Waals surface area contributed by atoms with Gasteiger partial charge in [-0.05, 0) is 41.9 Å². The number of nitrogens with two attached hydrogens (primary N) is 1. The topological polar surface area (TPSA) is 74.2 Å². The van der Waals surface area contributed by atoms with Crippen LogP contribution >= 0.6 is 15.9 Å². The average molecular weight is 326 g/mol. The monoisotopic (exact) mass is 325 g/mol. The molecule has 0 aliphatic rings. The Morgan fingerprint density at radius 2 is 2.11 bits per heavy atom. The first-order valence-electron chi connectivity index (χ1n) is 6.03. The average Bonchev–Trinajstić information content (AvgIpc) is 2.86. The van der Waals surface area contributed by atoms with Gasteiger partial charge in [0.05, 0.1) is 24.3 Å². The summed E-state index contributed by atoms with van der Waals surface area (Å²) in [6.45, 7) is 4.28. The molecular formula is C13H16BrN3O2. The van der Waals surface area contributed by atoms with Gasteiger partial charge in [0, 0.05) is 4.47 Å². The van der Waals surface area contributed by atoms with Gasteiger partial charge in [-0.25, -0.2) is 0 Å². The van der Waals surface area contributed by atoms with Crippen molar-refractivity contribution in [3.63, 3.8) is 0 Å². The summed E-state index contributed by atoms with van der Waals surface area (Å²) in [4.78, 5) is 4.31. The number of hydrogen-bond acceptors (Lipinski definition) is 5. The predicted octanol–water partition coefficient (Wildman–Crippen LogP) is 2.92. The van der Waals surface area contributed by atoms with Crippen molar-refractivity contribution in [2.24, 2.45) is 5.73 Å². The smallest absolute Gasteiger partial charge is 0.259 e. The molecule has 1 aromatic carbocycles. The Labute approximate surface area is 120 Å². The summed E-state index contributed by atoms with van der Waals surface area (Å²) in [6.07, 6.45) is 0.126. The van der Waals surface area contributed by atoms with Crippen molar-refractivity contribution < 1.29 is 9.26 Å². The molecule has 0 radical (unpaired) electrons. The lowest BCUT2D eigenvalue weighted by Crippen LogP contribution is -2.20. The van der Waals surface area contributed by atoms with Gasteiger partial charge in [0.2, 0.25) is 0 Å². The van der Waals surface area contributed by atoms with Gasteiger partial charge in [0.25, 0.3) is 5.89 Å². The second-order valence-electron chi connectivity index (χ2n) is 4.43. The Morgan fingerprint density at radius 1 is 1.37 bits per heavy atom. The van der Waals surface area contributed by atoms with Crippen molar-refractivity contribution >= 4 is 15.9 Å². The van der Waals surface area contributed by atoms with Gasteiger partial charge in [-0.1, -0.05) is 17.3 Å². The molecular weight excluding hydrogens is 310 g/mol.